The molecule has 0 aliphatic heterocycles. The summed E-state index contributed by atoms with van der Waals surface area (Å²) in [5.74, 6) is 0.834. The number of aryl methyl sites for hydroxylation is 1. The molecule has 1 aliphatic carbocycles. The summed E-state index contributed by atoms with van der Waals surface area (Å²) < 4.78 is 2.47. The van der Waals surface area contributed by atoms with Gasteiger partial charge in [-0.05, 0) is 55.4 Å². The Hall–Kier alpha value is -1.28. The first-order valence-corrected chi connectivity index (χ1v) is 7.52. The maximum atomic E-state index is 9.36. The van der Waals surface area contributed by atoms with Gasteiger partial charge in [0.2, 0.25) is 0 Å². The van der Waals surface area contributed by atoms with Gasteiger partial charge in [0.05, 0.1) is 6.61 Å². The second kappa shape index (κ2) is 5.01. The average Bonchev–Trinajstić information content (AvgIpc) is 2.79. The van der Waals surface area contributed by atoms with Gasteiger partial charge in [0.1, 0.15) is 0 Å². The van der Waals surface area contributed by atoms with Crippen LogP contribution in [0.1, 0.15) is 43.5 Å². The summed E-state index contributed by atoms with van der Waals surface area (Å²) in [6, 6.07) is 6.43. The minimum absolute atomic E-state index is 0.138. The molecule has 0 saturated heterocycles. The quantitative estimate of drug-likeness (QED) is 0.891. The number of fused-ring (bicyclic) bond motifs is 3. The number of aliphatic hydroxyl groups is 1. The van der Waals surface area contributed by atoms with E-state index in [4.69, 9.17) is 0 Å². The summed E-state index contributed by atoms with van der Waals surface area (Å²) in [6.45, 7) is 5.71. The summed E-state index contributed by atoms with van der Waals surface area (Å²) in [6.07, 6.45) is 5.03. The van der Waals surface area contributed by atoms with Gasteiger partial charge in [-0.2, -0.15) is 0 Å². The Morgan fingerprint density at radius 3 is 2.84 bits per heavy atom. The Bertz CT molecular complexity index is 597. The van der Waals surface area contributed by atoms with Crippen LogP contribution in [0.2, 0.25) is 0 Å². The molecule has 102 valence electrons. The third-order valence-corrected chi connectivity index (χ3v) is 4.71. The largest absolute Gasteiger partial charge is 0.392 e. The molecule has 0 spiro atoms. The van der Waals surface area contributed by atoms with E-state index in [2.05, 4.69) is 36.6 Å². The molecule has 1 aliphatic rings. The van der Waals surface area contributed by atoms with E-state index >= 15 is 0 Å². The topological polar surface area (TPSA) is 25.2 Å². The van der Waals surface area contributed by atoms with Gasteiger partial charge in [0.25, 0.3) is 0 Å². The molecular weight excluding hydrogens is 234 g/mol. The van der Waals surface area contributed by atoms with Crippen molar-refractivity contribution in [3.05, 3.63) is 35.0 Å². The highest BCUT2D eigenvalue weighted by atomic mass is 16.3. The summed E-state index contributed by atoms with van der Waals surface area (Å²) in [5.41, 5.74) is 5.46. The molecule has 0 unspecified atom stereocenters. The van der Waals surface area contributed by atoms with E-state index in [0.717, 1.165) is 18.0 Å². The molecule has 0 fully saturated rings. The van der Waals surface area contributed by atoms with Crippen molar-refractivity contribution in [2.24, 2.45) is 5.92 Å². The van der Waals surface area contributed by atoms with Crippen molar-refractivity contribution in [2.45, 2.75) is 52.7 Å². The third kappa shape index (κ3) is 1.99. The zero-order chi connectivity index (χ0) is 13.4. The van der Waals surface area contributed by atoms with Gasteiger partial charge in [-0.3, -0.25) is 0 Å². The lowest BCUT2D eigenvalue weighted by Crippen LogP contribution is -2.15. The number of nitrogens with zero attached hydrogens (tertiary/aromatic N) is 1. The molecule has 1 heterocycles. The highest BCUT2D eigenvalue weighted by Crippen LogP contribution is 2.35. The van der Waals surface area contributed by atoms with E-state index in [1.54, 1.807) is 5.56 Å². The van der Waals surface area contributed by atoms with Crippen molar-refractivity contribution in [1.29, 1.82) is 0 Å². The molecule has 0 amide bonds. The van der Waals surface area contributed by atoms with Gasteiger partial charge < -0.3 is 9.67 Å². The molecule has 2 nitrogen and oxygen atoms in total. The summed E-state index contributed by atoms with van der Waals surface area (Å²) in [7, 11) is 0. The first-order valence-electron chi connectivity index (χ1n) is 7.52. The number of benzene rings is 1. The normalized spacial score (nSPS) is 18.8. The Kier molecular flexibility index (Phi) is 3.36. The zero-order valence-corrected chi connectivity index (χ0v) is 11.9. The van der Waals surface area contributed by atoms with Gasteiger partial charge in [0.15, 0.2) is 0 Å². The van der Waals surface area contributed by atoms with E-state index in [9.17, 15) is 5.11 Å². The Balaban J connectivity index is 2.21. The molecule has 2 heteroatoms. The van der Waals surface area contributed by atoms with Crippen LogP contribution in [-0.2, 0) is 26.0 Å². The average molecular weight is 257 g/mol. The molecule has 0 radical (unpaired) electrons. The lowest BCUT2D eigenvalue weighted by molar-refractivity contribution is 0.282. The van der Waals surface area contributed by atoms with Crippen LogP contribution in [0.25, 0.3) is 10.9 Å². The lowest BCUT2D eigenvalue weighted by atomic mass is 9.85. The highest BCUT2D eigenvalue weighted by Gasteiger charge is 2.24. The first kappa shape index (κ1) is 12.7. The maximum Gasteiger partial charge on any atom is 0.0682 e. The minimum atomic E-state index is 0.138. The van der Waals surface area contributed by atoms with E-state index in [0.29, 0.717) is 0 Å². The standard InChI is InChI=1S/C17H23NO/c1-3-12-5-7-16-14(9-12)15-10-13(11-19)6-8-17(15)18(16)4-2/h6,8,10,12,19H,3-5,7,9,11H2,1-2H3/t12-/m0/s1. The molecule has 1 atom stereocenters. The fourth-order valence-corrected chi connectivity index (χ4v) is 3.58. The number of hydrogen-bond acceptors (Lipinski definition) is 1. The lowest BCUT2D eigenvalue weighted by Gasteiger charge is -2.22. The minimum Gasteiger partial charge on any atom is -0.392 e. The first-order chi connectivity index (χ1) is 9.28. The molecular formula is C17H23NO. The van der Waals surface area contributed by atoms with E-state index in [1.165, 1.54) is 42.3 Å². The molecule has 3 rings (SSSR count). The third-order valence-electron chi connectivity index (χ3n) is 4.71. The van der Waals surface area contributed by atoms with Crippen molar-refractivity contribution in [2.75, 3.05) is 0 Å². The molecule has 1 aromatic carbocycles. The van der Waals surface area contributed by atoms with E-state index in [-0.39, 0.29) is 6.61 Å². The smallest absolute Gasteiger partial charge is 0.0682 e. The van der Waals surface area contributed by atoms with Gasteiger partial charge in [-0.1, -0.05) is 19.4 Å². The molecule has 2 aromatic rings. The fraction of sp³-hybridized carbons (Fsp3) is 0.529. The van der Waals surface area contributed by atoms with Crippen LogP contribution in [0.3, 0.4) is 0 Å². The molecule has 19 heavy (non-hydrogen) atoms. The fourth-order valence-electron chi connectivity index (χ4n) is 3.58. The second-order valence-corrected chi connectivity index (χ2v) is 5.70. The van der Waals surface area contributed by atoms with Gasteiger partial charge in [-0.25, -0.2) is 0 Å². The van der Waals surface area contributed by atoms with Crippen molar-refractivity contribution in [3.8, 4) is 0 Å². The summed E-state index contributed by atoms with van der Waals surface area (Å²) in [4.78, 5) is 0. The van der Waals surface area contributed by atoms with Crippen LogP contribution in [0.4, 0.5) is 0 Å². The van der Waals surface area contributed by atoms with Crippen molar-refractivity contribution < 1.29 is 5.11 Å². The van der Waals surface area contributed by atoms with E-state index in [1.807, 2.05) is 0 Å². The maximum absolute atomic E-state index is 9.36. The molecule has 1 aromatic heterocycles. The predicted octanol–water partition coefficient (Wildman–Crippen LogP) is 3.67. The Labute approximate surface area is 115 Å². The molecule has 0 saturated carbocycles. The second-order valence-electron chi connectivity index (χ2n) is 5.70. The number of hydrogen-bond donors (Lipinski definition) is 1. The van der Waals surface area contributed by atoms with Crippen LogP contribution < -0.4 is 0 Å². The molecule has 0 bridgehead atoms. The van der Waals surface area contributed by atoms with Crippen LogP contribution in [0.5, 0.6) is 0 Å². The number of rotatable bonds is 3. The van der Waals surface area contributed by atoms with Crippen LogP contribution in [0, 0.1) is 5.92 Å². The Morgan fingerprint density at radius 2 is 2.16 bits per heavy atom. The predicted molar refractivity (Wildman–Crippen MR) is 79.3 cm³/mol. The number of aromatic nitrogens is 1. The summed E-state index contributed by atoms with van der Waals surface area (Å²) in [5, 5.41) is 10.7. The van der Waals surface area contributed by atoms with Crippen molar-refractivity contribution >= 4 is 10.9 Å². The van der Waals surface area contributed by atoms with Gasteiger partial charge >= 0.3 is 0 Å². The van der Waals surface area contributed by atoms with Gasteiger partial charge in [0, 0.05) is 23.1 Å². The summed E-state index contributed by atoms with van der Waals surface area (Å²) >= 11 is 0. The monoisotopic (exact) mass is 257 g/mol. The SMILES string of the molecule is CC[C@H]1CCc2c(c3cc(CO)ccc3n2CC)C1. The van der Waals surface area contributed by atoms with Gasteiger partial charge in [-0.15, -0.1) is 0 Å². The zero-order valence-electron chi connectivity index (χ0n) is 11.9. The Morgan fingerprint density at radius 1 is 1.32 bits per heavy atom. The van der Waals surface area contributed by atoms with Crippen LogP contribution >= 0.6 is 0 Å². The number of aliphatic hydroxyl groups excluding tert-OH is 1. The van der Waals surface area contributed by atoms with Crippen molar-refractivity contribution in [1.82, 2.24) is 4.57 Å². The molecule has 1 N–H and O–H groups in total. The van der Waals surface area contributed by atoms with E-state index < -0.39 is 0 Å². The van der Waals surface area contributed by atoms with Crippen LogP contribution in [0.15, 0.2) is 18.2 Å². The van der Waals surface area contributed by atoms with Crippen LogP contribution in [-0.4, -0.2) is 9.67 Å². The van der Waals surface area contributed by atoms with Crippen molar-refractivity contribution in [3.63, 3.8) is 0 Å². The highest BCUT2D eigenvalue weighted by molar-refractivity contribution is 5.86.